The minimum atomic E-state index is -4.12. The zero-order valence-corrected chi connectivity index (χ0v) is 19.1. The maximum absolute atomic E-state index is 14.6. The fourth-order valence-electron chi connectivity index (χ4n) is 3.50. The van der Waals surface area contributed by atoms with Gasteiger partial charge in [-0.3, -0.25) is 4.98 Å². The van der Waals surface area contributed by atoms with Gasteiger partial charge in [-0.2, -0.15) is 5.26 Å². The van der Waals surface area contributed by atoms with Crippen LogP contribution in [-0.4, -0.2) is 29.4 Å². The van der Waals surface area contributed by atoms with Crippen LogP contribution in [0.25, 0.3) is 11.3 Å². The van der Waals surface area contributed by atoms with E-state index in [4.69, 9.17) is 5.26 Å². The quantitative estimate of drug-likeness (QED) is 0.400. The molecule has 8 nitrogen and oxygen atoms in total. The third-order valence-electron chi connectivity index (χ3n) is 5.09. The van der Waals surface area contributed by atoms with E-state index < -0.39 is 15.8 Å². The van der Waals surface area contributed by atoms with Crippen LogP contribution in [0.2, 0.25) is 0 Å². The fourth-order valence-corrected chi connectivity index (χ4v) is 5.07. The summed E-state index contributed by atoms with van der Waals surface area (Å²) in [6.45, 7) is 0.490. The third-order valence-corrected chi connectivity index (χ3v) is 6.84. The first-order chi connectivity index (χ1) is 16.4. The summed E-state index contributed by atoms with van der Waals surface area (Å²) in [5.41, 5.74) is 1.78. The van der Waals surface area contributed by atoms with Gasteiger partial charge in [0, 0.05) is 30.7 Å². The topological polar surface area (TPSA) is 113 Å². The standard InChI is InChI=1S/C24H21FN6O2S/c1-27-13-18-11-22(19-5-2-3-6-20(19)25)31(16-18)34(32,33)23-7-4-10-28-21(23)15-30-24-9-8-17(12-26)14-29-24/h2-11,14,16,27H,13,15H2,1H3,(H,29,30). The van der Waals surface area contributed by atoms with E-state index in [1.165, 1.54) is 36.8 Å². The number of benzene rings is 1. The van der Waals surface area contributed by atoms with Crippen LogP contribution in [0.1, 0.15) is 16.8 Å². The summed E-state index contributed by atoms with van der Waals surface area (Å²) in [5, 5.41) is 14.9. The zero-order valence-electron chi connectivity index (χ0n) is 18.2. The Morgan fingerprint density at radius 2 is 1.91 bits per heavy atom. The first-order valence-corrected chi connectivity index (χ1v) is 11.8. The van der Waals surface area contributed by atoms with Crippen LogP contribution in [0.4, 0.5) is 10.2 Å². The molecule has 1 aromatic carbocycles. The van der Waals surface area contributed by atoms with Crippen LogP contribution in [0, 0.1) is 17.1 Å². The summed E-state index contributed by atoms with van der Waals surface area (Å²) in [7, 11) is -2.37. The van der Waals surface area contributed by atoms with Crippen molar-refractivity contribution in [3.8, 4) is 17.3 Å². The van der Waals surface area contributed by atoms with E-state index >= 15 is 0 Å². The number of rotatable bonds is 8. The minimum absolute atomic E-state index is 0.0136. The van der Waals surface area contributed by atoms with Crippen LogP contribution < -0.4 is 10.6 Å². The Morgan fingerprint density at radius 1 is 1.09 bits per heavy atom. The lowest BCUT2D eigenvalue weighted by Gasteiger charge is -2.14. The first-order valence-electron chi connectivity index (χ1n) is 10.3. The van der Waals surface area contributed by atoms with Gasteiger partial charge in [-0.15, -0.1) is 0 Å². The van der Waals surface area contributed by atoms with Crippen molar-refractivity contribution in [1.82, 2.24) is 19.3 Å². The number of hydrogen-bond donors (Lipinski definition) is 2. The molecule has 0 bridgehead atoms. The second-order valence-corrected chi connectivity index (χ2v) is 9.17. The highest BCUT2D eigenvalue weighted by Gasteiger charge is 2.26. The van der Waals surface area contributed by atoms with Gasteiger partial charge in [0.25, 0.3) is 10.0 Å². The van der Waals surface area contributed by atoms with Crippen LogP contribution in [0.3, 0.4) is 0 Å². The van der Waals surface area contributed by atoms with E-state index in [2.05, 4.69) is 20.6 Å². The highest BCUT2D eigenvalue weighted by molar-refractivity contribution is 7.90. The lowest BCUT2D eigenvalue weighted by atomic mass is 10.1. The molecule has 4 aromatic rings. The van der Waals surface area contributed by atoms with Crippen molar-refractivity contribution in [2.75, 3.05) is 12.4 Å². The van der Waals surface area contributed by atoms with E-state index in [-0.39, 0.29) is 28.4 Å². The molecule has 0 amide bonds. The Morgan fingerprint density at radius 3 is 2.62 bits per heavy atom. The molecule has 0 aliphatic heterocycles. The summed E-state index contributed by atoms with van der Waals surface area (Å²) in [4.78, 5) is 8.38. The van der Waals surface area contributed by atoms with E-state index in [1.54, 1.807) is 43.4 Å². The average molecular weight is 477 g/mol. The highest BCUT2D eigenvalue weighted by atomic mass is 32.2. The largest absolute Gasteiger partial charge is 0.364 e. The van der Waals surface area contributed by atoms with Gasteiger partial charge in [0.2, 0.25) is 0 Å². The second-order valence-electron chi connectivity index (χ2n) is 7.39. The summed E-state index contributed by atoms with van der Waals surface area (Å²) in [5.74, 6) is -0.0506. The molecule has 0 aliphatic rings. The van der Waals surface area contributed by atoms with E-state index in [0.717, 1.165) is 3.97 Å². The van der Waals surface area contributed by atoms with Gasteiger partial charge in [-0.1, -0.05) is 12.1 Å². The normalized spacial score (nSPS) is 11.2. The molecule has 172 valence electrons. The predicted octanol–water partition coefficient (Wildman–Crippen LogP) is 3.52. The smallest absolute Gasteiger partial charge is 0.270 e. The lowest BCUT2D eigenvalue weighted by Crippen LogP contribution is -2.18. The number of halogens is 1. The summed E-state index contributed by atoms with van der Waals surface area (Å²) < 4.78 is 43.3. The van der Waals surface area contributed by atoms with E-state index in [0.29, 0.717) is 23.5 Å². The zero-order chi connectivity index (χ0) is 24.1. The molecule has 0 fully saturated rings. The molecule has 0 spiro atoms. The first kappa shape index (κ1) is 23.1. The molecular formula is C24H21FN6O2S. The Kier molecular flexibility index (Phi) is 6.67. The fraction of sp³-hybridized carbons (Fsp3) is 0.125. The van der Waals surface area contributed by atoms with Crippen molar-refractivity contribution in [3.05, 3.63) is 95.8 Å². The summed E-state index contributed by atoms with van der Waals surface area (Å²) in [6, 6.07) is 15.9. The van der Waals surface area contributed by atoms with Crippen LogP contribution in [0.5, 0.6) is 0 Å². The van der Waals surface area contributed by atoms with Gasteiger partial charge < -0.3 is 10.6 Å². The lowest BCUT2D eigenvalue weighted by molar-refractivity contribution is 0.585. The number of aromatic nitrogens is 3. The number of nitriles is 1. The SMILES string of the molecule is CNCc1cc(-c2ccccc2F)n(S(=O)(=O)c2cccnc2CNc2ccc(C#N)cn2)c1. The number of anilines is 1. The highest BCUT2D eigenvalue weighted by Crippen LogP contribution is 2.30. The van der Waals surface area contributed by atoms with Gasteiger partial charge in [-0.25, -0.2) is 21.8 Å². The molecular weight excluding hydrogens is 455 g/mol. The van der Waals surface area contributed by atoms with Crippen molar-refractivity contribution in [3.63, 3.8) is 0 Å². The molecule has 0 unspecified atom stereocenters. The van der Waals surface area contributed by atoms with Crippen LogP contribution in [-0.2, 0) is 23.1 Å². The molecule has 10 heteroatoms. The number of hydrogen-bond acceptors (Lipinski definition) is 7. The molecule has 3 heterocycles. The van der Waals surface area contributed by atoms with Crippen LogP contribution >= 0.6 is 0 Å². The number of nitrogens with one attached hydrogen (secondary N) is 2. The van der Waals surface area contributed by atoms with Crippen molar-refractivity contribution < 1.29 is 12.8 Å². The molecule has 3 aromatic heterocycles. The monoisotopic (exact) mass is 476 g/mol. The number of pyridine rings is 2. The van der Waals surface area contributed by atoms with Crippen molar-refractivity contribution in [2.45, 2.75) is 18.0 Å². The molecule has 0 saturated carbocycles. The maximum Gasteiger partial charge on any atom is 0.270 e. The Hall–Kier alpha value is -4.07. The third kappa shape index (κ3) is 4.66. The Balaban J connectivity index is 1.74. The van der Waals surface area contributed by atoms with Gasteiger partial charge >= 0.3 is 0 Å². The summed E-state index contributed by atoms with van der Waals surface area (Å²) >= 11 is 0. The molecule has 0 atom stereocenters. The Bertz CT molecular complexity index is 1460. The molecule has 0 saturated heterocycles. The van der Waals surface area contributed by atoms with Crippen LogP contribution in [0.15, 0.2) is 78.1 Å². The molecule has 34 heavy (non-hydrogen) atoms. The maximum atomic E-state index is 14.6. The van der Waals surface area contributed by atoms with Crippen molar-refractivity contribution in [2.24, 2.45) is 0 Å². The number of nitrogens with zero attached hydrogens (tertiary/aromatic N) is 4. The van der Waals surface area contributed by atoms with Crippen molar-refractivity contribution in [1.29, 1.82) is 5.26 Å². The van der Waals surface area contributed by atoms with E-state index in [9.17, 15) is 12.8 Å². The summed E-state index contributed by atoms with van der Waals surface area (Å²) in [6.07, 6.45) is 4.41. The van der Waals surface area contributed by atoms with E-state index in [1.807, 2.05) is 6.07 Å². The van der Waals surface area contributed by atoms with Gasteiger partial charge in [0.05, 0.1) is 23.5 Å². The predicted molar refractivity (Wildman–Crippen MR) is 126 cm³/mol. The molecule has 4 rings (SSSR count). The average Bonchev–Trinajstić information content (AvgIpc) is 3.28. The van der Waals surface area contributed by atoms with Gasteiger partial charge in [0.1, 0.15) is 22.6 Å². The second kappa shape index (κ2) is 9.82. The van der Waals surface area contributed by atoms with Gasteiger partial charge in [-0.05, 0) is 55.1 Å². The molecule has 2 N–H and O–H groups in total. The van der Waals surface area contributed by atoms with Gasteiger partial charge in [0.15, 0.2) is 0 Å². The Labute approximate surface area is 196 Å². The molecule has 0 aliphatic carbocycles. The molecule has 0 radical (unpaired) electrons. The van der Waals surface area contributed by atoms with Crippen molar-refractivity contribution >= 4 is 15.8 Å². The minimum Gasteiger partial charge on any atom is -0.364 e.